The maximum atomic E-state index is 14.0. The molecule has 4 fully saturated rings. The van der Waals surface area contributed by atoms with E-state index in [1.54, 1.807) is 31.2 Å². The van der Waals surface area contributed by atoms with Gasteiger partial charge in [-0.05, 0) is 118 Å². The fraction of sp³-hybridized carbons (Fsp3) is 0.782. The maximum absolute atomic E-state index is 14.0. The number of carbonyl (C=O) groups excluding carboxylic acids is 2. The van der Waals surface area contributed by atoms with Crippen LogP contribution in [0.2, 0.25) is 54.4 Å². The minimum absolute atomic E-state index is 0.161. The highest BCUT2D eigenvalue weighted by atomic mass is 127. The van der Waals surface area contributed by atoms with Gasteiger partial charge in [0.1, 0.15) is 48.2 Å². The molecule has 0 bridgehead atoms. The van der Waals surface area contributed by atoms with Crippen molar-refractivity contribution in [3.8, 4) is 0 Å². The molecular formula is C55H90F3IO13SSi3. The Morgan fingerprint density at radius 1 is 0.816 bits per heavy atom. The molecule has 76 heavy (non-hydrogen) atoms. The Labute approximate surface area is 469 Å². The van der Waals surface area contributed by atoms with Gasteiger partial charge in [-0.25, -0.2) is 4.79 Å². The zero-order valence-electron chi connectivity index (χ0n) is 48.1. The second-order valence-electron chi connectivity index (χ2n) is 26.2. The first kappa shape index (κ1) is 65.3. The van der Waals surface area contributed by atoms with E-state index >= 15 is 0 Å². The molecule has 1 aromatic rings. The molecule has 4 aliphatic rings. The molecule has 4 aliphatic heterocycles. The smallest absolute Gasteiger partial charge is 0.455 e. The molecule has 21 heteroatoms. The molecule has 0 N–H and O–H groups in total. The molecule has 0 aliphatic carbocycles. The average Bonchev–Trinajstić information content (AvgIpc) is 3.67. The highest BCUT2D eigenvalue weighted by Crippen LogP contribution is 2.49. The summed E-state index contributed by atoms with van der Waals surface area (Å²) in [6.45, 7) is 38.3. The van der Waals surface area contributed by atoms with E-state index in [1.165, 1.54) is 0 Å². The van der Waals surface area contributed by atoms with Gasteiger partial charge in [-0.1, -0.05) is 123 Å². The molecule has 1 aromatic carbocycles. The third-order valence-electron chi connectivity index (χ3n) is 17.3. The zero-order valence-corrected chi connectivity index (χ0v) is 54.0. The van der Waals surface area contributed by atoms with Crippen LogP contribution in [0.25, 0.3) is 0 Å². The standard InChI is InChI=1S/C55H90F3IO13SSi3/c1-36(37(2)69-73(62,63)55(56,57)58)33-41-27-30-45-54(35-59,68-41)34-42(64-45)24-23-39(66-50(61)38-21-19-18-20-22-38)26-29-44(70-74(12,13)51(3,4)5)47-49(72-76(16,17)53(9,10)11)48(71-75(14,15)52(6,7)8)46-43(67-47)28-25-40(65-46)31-32-60/h18-22,26,29,32,36,39-49H,2,23-25,27-28,30-31,33-35H2,1,3-17H3/b29-26+/t36-,39?,40-,41-,42+,43+,44+,45+,46+,47+,48+,49-,54-/m1/s1. The highest BCUT2D eigenvalue weighted by Gasteiger charge is 2.58. The number of benzene rings is 1. The summed E-state index contributed by atoms with van der Waals surface area (Å²) in [6.07, 6.45) is 3.70. The van der Waals surface area contributed by atoms with Gasteiger partial charge in [0.2, 0.25) is 0 Å². The quantitative estimate of drug-likeness (QED) is 0.0125. The van der Waals surface area contributed by atoms with Crippen molar-refractivity contribution >= 4 is 69.9 Å². The summed E-state index contributed by atoms with van der Waals surface area (Å²) >= 11 is 2.28. The van der Waals surface area contributed by atoms with Crippen LogP contribution in [-0.2, 0) is 56.1 Å². The molecule has 0 amide bonds. The van der Waals surface area contributed by atoms with E-state index in [9.17, 15) is 31.2 Å². The van der Waals surface area contributed by atoms with Crippen LogP contribution in [-0.4, -0.2) is 128 Å². The van der Waals surface area contributed by atoms with Crippen LogP contribution in [0.15, 0.2) is 54.8 Å². The average molecular weight is 1260 g/mol. The van der Waals surface area contributed by atoms with Gasteiger partial charge in [0.05, 0.1) is 42.2 Å². The predicted molar refractivity (Wildman–Crippen MR) is 305 cm³/mol. The molecule has 4 heterocycles. The van der Waals surface area contributed by atoms with E-state index in [0.717, 1.165) is 6.29 Å². The summed E-state index contributed by atoms with van der Waals surface area (Å²) < 4.78 is 125. The van der Waals surface area contributed by atoms with Crippen molar-refractivity contribution in [3.63, 3.8) is 0 Å². The number of rotatable bonds is 22. The van der Waals surface area contributed by atoms with Gasteiger partial charge in [0, 0.05) is 23.2 Å². The Morgan fingerprint density at radius 3 is 1.95 bits per heavy atom. The normalized spacial score (nSPS) is 29.5. The molecule has 5 rings (SSSR count). The van der Waals surface area contributed by atoms with E-state index in [-0.39, 0.29) is 52.4 Å². The Hall–Kier alpha value is -1.52. The Bertz CT molecular complexity index is 2270. The summed E-state index contributed by atoms with van der Waals surface area (Å²) in [6, 6.07) is 8.86. The number of ether oxygens (including phenoxy) is 5. The van der Waals surface area contributed by atoms with E-state index in [2.05, 4.69) is 135 Å². The van der Waals surface area contributed by atoms with Crippen molar-refractivity contribution in [2.24, 2.45) is 5.92 Å². The van der Waals surface area contributed by atoms with Crippen LogP contribution in [0.4, 0.5) is 13.2 Å². The monoisotopic (exact) mass is 1260 g/mol. The van der Waals surface area contributed by atoms with Gasteiger partial charge in [-0.15, -0.1) is 0 Å². The number of alkyl halides is 4. The molecule has 13 atom stereocenters. The van der Waals surface area contributed by atoms with Crippen molar-refractivity contribution in [1.29, 1.82) is 0 Å². The molecule has 0 aromatic heterocycles. The second kappa shape index (κ2) is 24.9. The van der Waals surface area contributed by atoms with Crippen molar-refractivity contribution < 1.29 is 72.3 Å². The fourth-order valence-corrected chi connectivity index (χ4v) is 14.9. The molecule has 1 unspecified atom stereocenters. The van der Waals surface area contributed by atoms with Crippen LogP contribution in [0.1, 0.15) is 137 Å². The third-order valence-corrected chi connectivity index (χ3v) is 33.0. The largest absolute Gasteiger partial charge is 0.534 e. The van der Waals surface area contributed by atoms with E-state index in [1.807, 2.05) is 18.2 Å². The van der Waals surface area contributed by atoms with Crippen LogP contribution < -0.4 is 0 Å². The van der Waals surface area contributed by atoms with Gasteiger partial charge in [-0.2, -0.15) is 21.6 Å². The first-order valence-corrected chi connectivity index (χ1v) is 38.7. The van der Waals surface area contributed by atoms with E-state index in [4.69, 9.17) is 37.0 Å². The lowest BCUT2D eigenvalue weighted by Crippen LogP contribution is -2.69. The molecular weight excluding hydrogens is 1170 g/mol. The minimum Gasteiger partial charge on any atom is -0.455 e. The molecule has 434 valence electrons. The number of hydrogen-bond donors (Lipinski definition) is 0. The lowest BCUT2D eigenvalue weighted by atomic mass is 9.85. The zero-order chi connectivity index (χ0) is 57.3. The predicted octanol–water partition coefficient (Wildman–Crippen LogP) is 13.5. The van der Waals surface area contributed by atoms with Crippen LogP contribution >= 0.6 is 22.6 Å². The number of aldehydes is 1. The Balaban J connectivity index is 1.52. The number of esters is 1. The van der Waals surface area contributed by atoms with Crippen LogP contribution in [0, 0.1) is 5.92 Å². The summed E-state index contributed by atoms with van der Waals surface area (Å²) in [5.41, 5.74) is -5.88. The first-order valence-electron chi connectivity index (χ1n) is 27.1. The number of halogens is 4. The molecule has 13 nitrogen and oxygen atoms in total. The first-order chi connectivity index (χ1) is 34.8. The van der Waals surface area contributed by atoms with Gasteiger partial charge in [0.25, 0.3) is 0 Å². The van der Waals surface area contributed by atoms with Crippen molar-refractivity contribution in [1.82, 2.24) is 0 Å². The Morgan fingerprint density at radius 2 is 1.39 bits per heavy atom. The topological polar surface area (TPSA) is 151 Å². The van der Waals surface area contributed by atoms with Crippen molar-refractivity contribution in [2.75, 3.05) is 4.43 Å². The lowest BCUT2D eigenvalue weighted by Gasteiger charge is -2.56. The number of hydrogen-bond acceptors (Lipinski definition) is 13. The molecule has 0 saturated carbocycles. The Kier molecular flexibility index (Phi) is 21.4. The maximum Gasteiger partial charge on any atom is 0.534 e. The minimum atomic E-state index is -5.85. The van der Waals surface area contributed by atoms with Crippen LogP contribution in [0.3, 0.4) is 0 Å². The fourth-order valence-electron chi connectivity index (χ4n) is 9.53. The summed E-state index contributed by atoms with van der Waals surface area (Å²) in [5, 5.41) is -0.565. The highest BCUT2D eigenvalue weighted by molar-refractivity contribution is 14.1. The summed E-state index contributed by atoms with van der Waals surface area (Å²) in [5.74, 6) is -1.74. The number of fused-ring (bicyclic) bond motifs is 2. The van der Waals surface area contributed by atoms with E-state index < -0.39 is 107 Å². The second-order valence-corrected chi connectivity index (χ2v) is 42.8. The molecule has 4 saturated heterocycles. The third kappa shape index (κ3) is 15.9. The van der Waals surface area contributed by atoms with Crippen molar-refractivity contribution in [3.05, 3.63) is 60.4 Å². The number of carbonyl (C=O) groups is 2. The summed E-state index contributed by atoms with van der Waals surface area (Å²) in [4.78, 5) is 25.9. The SMILES string of the molecule is C=C(OS(=O)(=O)C(F)(F)F)[C@H](C)C[C@H]1CC[C@@H]2O[C@@H](CCC(/C=C/[C@H](O[Si](C)(C)C(C)(C)C)[C@@H]3O[C@H]4CC[C@H](CC=O)O[C@@H]4[C@H](O[Si](C)(C)C(C)(C)C)[C@@H]3O[Si](C)(C)C(C)(C)C)OC(=O)c3ccccc3)C[C@]2(CI)O1. The molecule has 0 radical (unpaired) electrons. The van der Waals surface area contributed by atoms with Gasteiger partial charge < -0.3 is 45.9 Å². The van der Waals surface area contributed by atoms with Crippen LogP contribution in [0.5, 0.6) is 0 Å². The van der Waals surface area contributed by atoms with Gasteiger partial charge in [-0.3, -0.25) is 0 Å². The van der Waals surface area contributed by atoms with Gasteiger partial charge in [0.15, 0.2) is 25.0 Å². The van der Waals surface area contributed by atoms with E-state index in [0.29, 0.717) is 54.9 Å². The molecule has 0 spiro atoms. The summed E-state index contributed by atoms with van der Waals surface area (Å²) in [7, 11) is -13.6. The van der Waals surface area contributed by atoms with Crippen molar-refractivity contribution in [2.45, 2.75) is 260 Å². The van der Waals surface area contributed by atoms with Gasteiger partial charge >= 0.3 is 21.6 Å². The lowest BCUT2D eigenvalue weighted by molar-refractivity contribution is -0.266. The number of allylic oxidation sites excluding steroid dienone is 1.